The fourth-order valence-electron chi connectivity index (χ4n) is 1.96. The Hall–Kier alpha value is -2.25. The van der Waals surface area contributed by atoms with Crippen molar-refractivity contribution in [3.05, 3.63) is 20.8 Å². The third kappa shape index (κ3) is 3.45. The molecule has 1 heterocycles. The molecule has 8 nitrogen and oxygen atoms in total. The zero-order chi connectivity index (χ0) is 16.3. The van der Waals surface area contributed by atoms with Crippen LogP contribution in [0, 0.1) is 5.92 Å². The van der Waals surface area contributed by atoms with E-state index in [1.165, 1.54) is 18.7 Å². The van der Waals surface area contributed by atoms with Gasteiger partial charge in [0.25, 0.3) is 5.56 Å². The summed E-state index contributed by atoms with van der Waals surface area (Å²) in [4.78, 5) is 35.8. The Balaban J connectivity index is 3.39. The molecule has 1 aromatic rings. The maximum absolute atomic E-state index is 12.2. The molecule has 1 aromatic heterocycles. The van der Waals surface area contributed by atoms with Gasteiger partial charge in [0.1, 0.15) is 17.5 Å². The zero-order valence-electron chi connectivity index (χ0n) is 13.1. The van der Waals surface area contributed by atoms with E-state index in [9.17, 15) is 14.4 Å². The third-order valence-electron chi connectivity index (χ3n) is 3.13. The fraction of sp³-hybridized carbons (Fsp3) is 0.615. The molecular formula is C13H23N5O3. The largest absolute Gasteiger partial charge is 0.383 e. The number of nitrogens with one attached hydrogen (secondary N) is 2. The van der Waals surface area contributed by atoms with Crippen molar-refractivity contribution in [3.63, 3.8) is 0 Å². The Morgan fingerprint density at radius 1 is 1.29 bits per heavy atom. The maximum atomic E-state index is 12.2. The second kappa shape index (κ2) is 6.47. The summed E-state index contributed by atoms with van der Waals surface area (Å²) >= 11 is 0. The molecule has 0 aliphatic carbocycles. The van der Waals surface area contributed by atoms with Gasteiger partial charge in [-0.15, -0.1) is 0 Å². The minimum Gasteiger partial charge on any atom is -0.383 e. The summed E-state index contributed by atoms with van der Waals surface area (Å²) in [7, 11) is 2.89. The molecule has 0 fully saturated rings. The minimum absolute atomic E-state index is 0.0487. The quantitative estimate of drug-likeness (QED) is 0.667. The fourth-order valence-corrected chi connectivity index (χ4v) is 1.96. The summed E-state index contributed by atoms with van der Waals surface area (Å²) < 4.78 is 2.32. The molecular weight excluding hydrogens is 274 g/mol. The van der Waals surface area contributed by atoms with E-state index < -0.39 is 17.3 Å². The molecule has 21 heavy (non-hydrogen) atoms. The number of hydrogen-bond donors (Lipinski definition) is 3. The van der Waals surface area contributed by atoms with E-state index in [2.05, 4.69) is 10.6 Å². The summed E-state index contributed by atoms with van der Waals surface area (Å²) in [5.41, 5.74) is 5.00. The lowest BCUT2D eigenvalue weighted by molar-refractivity contribution is -0.121. The van der Waals surface area contributed by atoms with Crippen LogP contribution in [0.1, 0.15) is 20.8 Å². The van der Waals surface area contributed by atoms with Crippen molar-refractivity contribution in [1.29, 1.82) is 0 Å². The number of nitrogens with zero attached hydrogens (tertiary/aromatic N) is 2. The molecule has 4 N–H and O–H groups in total. The number of rotatable bonds is 5. The number of carbonyl (C=O) groups is 1. The lowest BCUT2D eigenvalue weighted by Gasteiger charge is -2.19. The molecule has 0 aliphatic rings. The standard InChI is InChI=1S/C13H23N5O3/c1-7(2)6-18-10(14)9(12(20)17(5)13(18)21)16-8(3)11(19)15-4/h7-8,16H,6,14H2,1-5H3,(H,15,19). The predicted octanol–water partition coefficient (Wildman–Crippen LogP) is -0.668. The van der Waals surface area contributed by atoms with E-state index in [1.807, 2.05) is 13.8 Å². The van der Waals surface area contributed by atoms with Gasteiger partial charge < -0.3 is 16.4 Å². The molecule has 0 aliphatic heterocycles. The van der Waals surface area contributed by atoms with Crippen molar-refractivity contribution in [1.82, 2.24) is 14.5 Å². The molecule has 0 radical (unpaired) electrons. The Bertz CT molecular complexity index is 644. The molecule has 0 aromatic carbocycles. The van der Waals surface area contributed by atoms with Crippen LogP contribution in [-0.4, -0.2) is 28.1 Å². The zero-order valence-corrected chi connectivity index (χ0v) is 13.1. The van der Waals surface area contributed by atoms with Gasteiger partial charge in [-0.05, 0) is 12.8 Å². The number of likely N-dealkylation sites (N-methyl/N-ethyl adjacent to an activating group) is 1. The Morgan fingerprint density at radius 3 is 2.33 bits per heavy atom. The van der Waals surface area contributed by atoms with Crippen LogP contribution in [0.25, 0.3) is 0 Å². The SMILES string of the molecule is CNC(=O)C(C)Nc1c(N)n(CC(C)C)c(=O)n(C)c1=O. The van der Waals surface area contributed by atoms with Gasteiger partial charge in [0.05, 0.1) is 0 Å². The van der Waals surface area contributed by atoms with E-state index >= 15 is 0 Å². The molecule has 0 spiro atoms. The number of hydrogen-bond acceptors (Lipinski definition) is 5. The second-order valence-corrected chi connectivity index (χ2v) is 5.39. The highest BCUT2D eigenvalue weighted by atomic mass is 16.2. The van der Waals surface area contributed by atoms with Gasteiger partial charge in [-0.1, -0.05) is 13.8 Å². The van der Waals surface area contributed by atoms with Crippen LogP contribution < -0.4 is 27.6 Å². The average molecular weight is 297 g/mol. The lowest BCUT2D eigenvalue weighted by Crippen LogP contribution is -2.44. The Morgan fingerprint density at radius 2 is 1.86 bits per heavy atom. The monoisotopic (exact) mass is 297 g/mol. The minimum atomic E-state index is -0.644. The second-order valence-electron chi connectivity index (χ2n) is 5.39. The number of nitrogens with two attached hydrogens (primary N) is 1. The molecule has 0 bridgehead atoms. The summed E-state index contributed by atoms with van der Waals surface area (Å²) in [5, 5.41) is 5.26. The highest BCUT2D eigenvalue weighted by Gasteiger charge is 2.19. The average Bonchev–Trinajstić information content (AvgIpc) is 2.44. The van der Waals surface area contributed by atoms with E-state index in [0.717, 1.165) is 4.57 Å². The van der Waals surface area contributed by atoms with Crippen LogP contribution in [0.4, 0.5) is 11.5 Å². The highest BCUT2D eigenvalue weighted by molar-refractivity contribution is 5.84. The highest BCUT2D eigenvalue weighted by Crippen LogP contribution is 2.13. The number of aromatic nitrogens is 2. The molecule has 1 atom stereocenters. The molecule has 1 amide bonds. The number of anilines is 2. The van der Waals surface area contributed by atoms with Crippen molar-refractivity contribution >= 4 is 17.4 Å². The molecule has 0 saturated carbocycles. The number of nitrogen functional groups attached to an aromatic ring is 1. The number of carbonyl (C=O) groups excluding carboxylic acids is 1. The van der Waals surface area contributed by atoms with Gasteiger partial charge >= 0.3 is 5.69 Å². The summed E-state index contributed by atoms with van der Waals surface area (Å²) in [5.74, 6) is -0.0441. The van der Waals surface area contributed by atoms with Crippen LogP contribution in [0.3, 0.4) is 0 Å². The van der Waals surface area contributed by atoms with Crippen molar-refractivity contribution in [3.8, 4) is 0 Å². The third-order valence-corrected chi connectivity index (χ3v) is 3.13. The van der Waals surface area contributed by atoms with Gasteiger partial charge in [0.15, 0.2) is 0 Å². The molecule has 118 valence electrons. The summed E-state index contributed by atoms with van der Waals surface area (Å²) in [6, 6.07) is -0.644. The van der Waals surface area contributed by atoms with Gasteiger partial charge in [-0.25, -0.2) is 4.79 Å². The van der Waals surface area contributed by atoms with Gasteiger partial charge in [-0.3, -0.25) is 18.7 Å². The topological polar surface area (TPSA) is 111 Å². The summed E-state index contributed by atoms with van der Waals surface area (Å²) in [6.45, 7) is 5.88. The van der Waals surface area contributed by atoms with E-state index in [1.54, 1.807) is 6.92 Å². The van der Waals surface area contributed by atoms with Crippen LogP contribution in [0.5, 0.6) is 0 Å². The smallest absolute Gasteiger partial charge is 0.332 e. The maximum Gasteiger partial charge on any atom is 0.332 e. The van der Waals surface area contributed by atoms with Crippen molar-refractivity contribution in [2.75, 3.05) is 18.1 Å². The van der Waals surface area contributed by atoms with Gasteiger partial charge in [-0.2, -0.15) is 0 Å². The normalized spacial score (nSPS) is 12.3. The first-order chi connectivity index (χ1) is 9.70. The van der Waals surface area contributed by atoms with Crippen LogP contribution >= 0.6 is 0 Å². The van der Waals surface area contributed by atoms with E-state index in [-0.39, 0.29) is 23.3 Å². The molecule has 1 unspecified atom stereocenters. The predicted molar refractivity (Wildman–Crippen MR) is 82.3 cm³/mol. The van der Waals surface area contributed by atoms with Gasteiger partial charge in [0, 0.05) is 20.6 Å². The summed E-state index contributed by atoms with van der Waals surface area (Å²) in [6.07, 6.45) is 0. The Kier molecular flexibility index (Phi) is 5.17. The van der Waals surface area contributed by atoms with Crippen LogP contribution in [0.2, 0.25) is 0 Å². The Labute approximate surface area is 122 Å². The molecule has 1 rings (SSSR count). The first-order valence-corrected chi connectivity index (χ1v) is 6.78. The van der Waals surface area contributed by atoms with Crippen LogP contribution in [0.15, 0.2) is 9.59 Å². The molecule has 0 saturated heterocycles. The first kappa shape index (κ1) is 16.8. The first-order valence-electron chi connectivity index (χ1n) is 6.78. The van der Waals surface area contributed by atoms with Crippen molar-refractivity contribution < 1.29 is 4.79 Å². The van der Waals surface area contributed by atoms with E-state index in [0.29, 0.717) is 6.54 Å². The number of amides is 1. The van der Waals surface area contributed by atoms with Gasteiger partial charge in [0.2, 0.25) is 5.91 Å². The molecule has 8 heteroatoms. The van der Waals surface area contributed by atoms with Crippen LogP contribution in [-0.2, 0) is 18.4 Å². The van der Waals surface area contributed by atoms with Crippen molar-refractivity contribution in [2.45, 2.75) is 33.4 Å². The lowest BCUT2D eigenvalue weighted by atomic mass is 10.2. The van der Waals surface area contributed by atoms with E-state index in [4.69, 9.17) is 5.73 Å². The van der Waals surface area contributed by atoms with Crippen molar-refractivity contribution in [2.24, 2.45) is 13.0 Å².